The lowest BCUT2D eigenvalue weighted by molar-refractivity contribution is -0.154. The minimum Gasteiger partial charge on any atom is -0.508 e. The van der Waals surface area contributed by atoms with Gasteiger partial charge in [0.05, 0.1) is 18.9 Å². The van der Waals surface area contributed by atoms with Gasteiger partial charge in [0.2, 0.25) is 11.8 Å². The van der Waals surface area contributed by atoms with Crippen LogP contribution in [0.3, 0.4) is 0 Å². The molecule has 0 aliphatic carbocycles. The molecule has 2 aromatic carbocycles. The standard InChI is InChI=1S/C23H23FN2O5/c1-3-26-20(28)17-18(21(26)29)23(22(30)31-2,12-13-8-10-14(27)11-9-13)25-19(17)15-6-4-5-7-16(15)24/h4-11,17-19,25,27H,3,12H2,1-2H3/t17-,18+,19-,23-/m1/s1. The predicted molar refractivity (Wildman–Crippen MR) is 108 cm³/mol. The van der Waals surface area contributed by atoms with E-state index in [4.69, 9.17) is 4.74 Å². The number of phenols is 1. The number of imide groups is 1. The molecule has 2 N–H and O–H groups in total. The molecule has 0 unspecified atom stereocenters. The van der Waals surface area contributed by atoms with Crippen LogP contribution in [0, 0.1) is 17.7 Å². The molecule has 4 atom stereocenters. The van der Waals surface area contributed by atoms with E-state index >= 15 is 0 Å². The number of aromatic hydroxyl groups is 1. The molecule has 4 rings (SSSR count). The van der Waals surface area contributed by atoms with Gasteiger partial charge >= 0.3 is 5.97 Å². The minimum atomic E-state index is -1.57. The largest absolute Gasteiger partial charge is 0.508 e. The van der Waals surface area contributed by atoms with Crippen LogP contribution in [0.1, 0.15) is 24.1 Å². The summed E-state index contributed by atoms with van der Waals surface area (Å²) in [6.07, 6.45) is 0.0304. The van der Waals surface area contributed by atoms with E-state index in [9.17, 15) is 23.9 Å². The van der Waals surface area contributed by atoms with Gasteiger partial charge in [-0.2, -0.15) is 0 Å². The Morgan fingerprint density at radius 3 is 2.45 bits per heavy atom. The summed E-state index contributed by atoms with van der Waals surface area (Å²) in [5, 5.41) is 12.7. The second kappa shape index (κ2) is 7.77. The molecular formula is C23H23FN2O5. The van der Waals surface area contributed by atoms with Crippen LogP contribution in [0.5, 0.6) is 5.75 Å². The normalized spacial score (nSPS) is 27.5. The van der Waals surface area contributed by atoms with E-state index in [0.29, 0.717) is 5.56 Å². The highest BCUT2D eigenvalue weighted by Crippen LogP contribution is 2.50. The lowest BCUT2D eigenvalue weighted by Gasteiger charge is -2.32. The maximum atomic E-state index is 14.7. The fraction of sp³-hybridized carbons (Fsp3) is 0.348. The van der Waals surface area contributed by atoms with Gasteiger partial charge in [0.25, 0.3) is 0 Å². The van der Waals surface area contributed by atoms with Gasteiger partial charge in [-0.25, -0.2) is 4.39 Å². The highest BCUT2D eigenvalue weighted by Gasteiger charge is 2.68. The zero-order valence-corrected chi connectivity index (χ0v) is 17.2. The van der Waals surface area contributed by atoms with Gasteiger partial charge in [-0.05, 0) is 30.7 Å². The van der Waals surface area contributed by atoms with Gasteiger partial charge in [0.1, 0.15) is 17.1 Å². The number of ether oxygens (including phenoxy) is 1. The second-order valence-electron chi connectivity index (χ2n) is 7.87. The number of phenolic OH excluding ortho intramolecular Hbond substituents is 1. The Kier molecular flexibility index (Phi) is 5.26. The number of halogens is 1. The summed E-state index contributed by atoms with van der Waals surface area (Å²) in [4.78, 5) is 40.7. The molecule has 2 aliphatic heterocycles. The molecule has 2 aliphatic rings. The van der Waals surface area contributed by atoms with Crippen LogP contribution in [0.4, 0.5) is 4.39 Å². The molecule has 0 radical (unpaired) electrons. The quantitative estimate of drug-likeness (QED) is 0.561. The van der Waals surface area contributed by atoms with Crippen molar-refractivity contribution in [3.8, 4) is 5.75 Å². The minimum absolute atomic E-state index is 0.0304. The molecule has 0 spiro atoms. The third kappa shape index (κ3) is 3.18. The Morgan fingerprint density at radius 2 is 1.84 bits per heavy atom. The van der Waals surface area contributed by atoms with Crippen LogP contribution in [0.2, 0.25) is 0 Å². The van der Waals surface area contributed by atoms with Crippen molar-refractivity contribution in [3.63, 3.8) is 0 Å². The first-order chi connectivity index (χ1) is 14.8. The van der Waals surface area contributed by atoms with Crippen LogP contribution in [-0.4, -0.2) is 47.0 Å². The summed E-state index contributed by atoms with van der Waals surface area (Å²) in [6.45, 7) is 1.84. The number of likely N-dealkylation sites (tertiary alicyclic amines) is 1. The Morgan fingerprint density at radius 1 is 1.16 bits per heavy atom. The van der Waals surface area contributed by atoms with Gasteiger partial charge in [-0.3, -0.25) is 24.6 Å². The average molecular weight is 426 g/mol. The van der Waals surface area contributed by atoms with Gasteiger partial charge in [0, 0.05) is 24.6 Å². The number of rotatable bonds is 5. The number of methoxy groups -OCH3 is 1. The second-order valence-corrected chi connectivity index (χ2v) is 7.87. The number of nitrogens with one attached hydrogen (secondary N) is 1. The van der Waals surface area contributed by atoms with E-state index in [0.717, 1.165) is 4.90 Å². The Labute approximate surface area is 178 Å². The number of hydrogen-bond acceptors (Lipinski definition) is 6. The zero-order chi connectivity index (χ0) is 22.3. The van der Waals surface area contributed by atoms with Crippen molar-refractivity contribution < 1.29 is 28.6 Å². The van der Waals surface area contributed by atoms with E-state index in [-0.39, 0.29) is 24.3 Å². The van der Waals surface area contributed by atoms with Crippen LogP contribution in [0.25, 0.3) is 0 Å². The van der Waals surface area contributed by atoms with Crippen molar-refractivity contribution in [1.29, 1.82) is 0 Å². The number of fused-ring (bicyclic) bond motifs is 1. The SMILES string of the molecule is CCN1C(=O)[C@H]2[C@@H](c3ccccc3F)N[C@@](Cc3ccc(O)cc3)(C(=O)OC)[C@@H]2C1=O. The molecule has 2 fully saturated rings. The maximum Gasteiger partial charge on any atom is 0.327 e. The van der Waals surface area contributed by atoms with Gasteiger partial charge in [-0.1, -0.05) is 30.3 Å². The number of nitrogens with zero attached hydrogens (tertiary/aromatic N) is 1. The van der Waals surface area contributed by atoms with E-state index in [2.05, 4.69) is 5.32 Å². The van der Waals surface area contributed by atoms with Crippen LogP contribution >= 0.6 is 0 Å². The molecule has 2 aromatic rings. The van der Waals surface area contributed by atoms with Crippen molar-refractivity contribution in [2.45, 2.75) is 24.9 Å². The Bertz CT molecular complexity index is 1040. The summed E-state index contributed by atoms with van der Waals surface area (Å²) in [6, 6.07) is 11.3. The average Bonchev–Trinajstić information content (AvgIpc) is 3.23. The third-order valence-electron chi connectivity index (χ3n) is 6.27. The molecule has 162 valence electrons. The first-order valence-corrected chi connectivity index (χ1v) is 10.1. The highest BCUT2D eigenvalue weighted by molar-refractivity contribution is 6.09. The zero-order valence-electron chi connectivity index (χ0n) is 17.2. The smallest absolute Gasteiger partial charge is 0.327 e. The number of benzene rings is 2. The molecule has 31 heavy (non-hydrogen) atoms. The molecule has 2 saturated heterocycles. The molecule has 8 heteroatoms. The van der Waals surface area contributed by atoms with E-state index in [1.54, 1.807) is 31.2 Å². The summed E-state index contributed by atoms with van der Waals surface area (Å²) < 4.78 is 19.8. The number of amides is 2. The topological polar surface area (TPSA) is 95.9 Å². The van der Waals surface area contributed by atoms with Crippen molar-refractivity contribution in [3.05, 3.63) is 65.5 Å². The monoisotopic (exact) mass is 426 g/mol. The van der Waals surface area contributed by atoms with Gasteiger partial charge in [-0.15, -0.1) is 0 Å². The van der Waals surface area contributed by atoms with Crippen molar-refractivity contribution in [1.82, 2.24) is 10.2 Å². The fourth-order valence-electron chi connectivity index (χ4n) is 4.91. The highest BCUT2D eigenvalue weighted by atomic mass is 19.1. The Balaban J connectivity index is 1.88. The molecule has 0 aromatic heterocycles. The summed E-state index contributed by atoms with van der Waals surface area (Å²) in [5.74, 6) is -4.08. The maximum absolute atomic E-state index is 14.7. The van der Waals surface area contributed by atoms with Crippen molar-refractivity contribution in [2.24, 2.45) is 11.8 Å². The van der Waals surface area contributed by atoms with Gasteiger partial charge < -0.3 is 9.84 Å². The molecule has 2 heterocycles. The molecule has 7 nitrogen and oxygen atoms in total. The number of esters is 1. The first-order valence-electron chi connectivity index (χ1n) is 10.1. The van der Waals surface area contributed by atoms with Crippen molar-refractivity contribution in [2.75, 3.05) is 13.7 Å². The summed E-state index contributed by atoms with van der Waals surface area (Å²) in [7, 11) is 1.22. The molecule has 0 saturated carbocycles. The van der Waals surface area contributed by atoms with E-state index in [1.807, 2.05) is 0 Å². The molecular weight excluding hydrogens is 403 g/mol. The van der Waals surface area contributed by atoms with Crippen LogP contribution in [0.15, 0.2) is 48.5 Å². The molecule has 0 bridgehead atoms. The lowest BCUT2D eigenvalue weighted by atomic mass is 9.76. The summed E-state index contributed by atoms with van der Waals surface area (Å²) in [5.41, 5.74) is -0.702. The van der Waals surface area contributed by atoms with E-state index in [1.165, 1.54) is 31.4 Å². The fourth-order valence-corrected chi connectivity index (χ4v) is 4.91. The van der Waals surface area contributed by atoms with Crippen molar-refractivity contribution >= 4 is 17.8 Å². The van der Waals surface area contributed by atoms with E-state index < -0.39 is 47.0 Å². The van der Waals surface area contributed by atoms with Crippen LogP contribution in [-0.2, 0) is 25.5 Å². The summed E-state index contributed by atoms with van der Waals surface area (Å²) >= 11 is 0. The Hall–Kier alpha value is -3.26. The van der Waals surface area contributed by atoms with Gasteiger partial charge in [0.15, 0.2) is 0 Å². The number of hydrogen-bond donors (Lipinski definition) is 2. The number of carbonyl (C=O) groups is 3. The lowest BCUT2D eigenvalue weighted by Crippen LogP contribution is -2.57. The third-order valence-corrected chi connectivity index (χ3v) is 6.27. The predicted octanol–water partition coefficient (Wildman–Crippen LogP) is 1.95. The molecule has 2 amide bonds. The number of carbonyl (C=O) groups excluding carboxylic acids is 3. The van der Waals surface area contributed by atoms with Crippen LogP contribution < -0.4 is 5.32 Å². The first kappa shape index (κ1) is 21.0.